The van der Waals surface area contributed by atoms with Gasteiger partial charge in [-0.3, -0.25) is 4.79 Å². The van der Waals surface area contributed by atoms with Crippen molar-refractivity contribution < 1.29 is 25.0 Å². The molecule has 36 heavy (non-hydrogen) atoms. The number of amides is 1. The van der Waals surface area contributed by atoms with E-state index >= 15 is 0 Å². The standard InChI is InChI=1S/C29H40N2O5/c1-28-12-9-20(31-36-17-27(35)30-14-11-18-3-7-24(32)25(33)15-18)16-19(28)4-5-21-22-6-8-26(34)29(22,2)13-10-23(21)28/h3,7,15-16,21-23,26,32-34H,4-6,8-14,17H2,1-2H3,(H,30,35). The molecule has 1 aromatic carbocycles. The molecular formula is C29H40N2O5. The van der Waals surface area contributed by atoms with Crippen LogP contribution in [0.15, 0.2) is 35.0 Å². The summed E-state index contributed by atoms with van der Waals surface area (Å²) in [5.41, 5.74) is 3.55. The van der Waals surface area contributed by atoms with Crippen LogP contribution in [0.4, 0.5) is 0 Å². The number of aromatic hydroxyl groups is 2. The molecule has 0 aliphatic heterocycles. The lowest BCUT2D eigenvalue weighted by atomic mass is 9.47. The highest BCUT2D eigenvalue weighted by Gasteiger charge is 2.58. The molecule has 0 radical (unpaired) electrons. The van der Waals surface area contributed by atoms with Gasteiger partial charge >= 0.3 is 0 Å². The molecule has 5 rings (SSSR count). The Morgan fingerprint density at radius 1 is 1.08 bits per heavy atom. The van der Waals surface area contributed by atoms with Crippen LogP contribution in [-0.4, -0.2) is 46.2 Å². The number of phenols is 2. The van der Waals surface area contributed by atoms with Gasteiger partial charge in [0.25, 0.3) is 5.91 Å². The Morgan fingerprint density at radius 3 is 2.72 bits per heavy atom. The zero-order chi connectivity index (χ0) is 25.5. The first kappa shape index (κ1) is 25.1. The number of carbonyl (C=O) groups is 1. The predicted octanol–water partition coefficient (Wildman–Crippen LogP) is 4.45. The summed E-state index contributed by atoms with van der Waals surface area (Å²) in [5, 5.41) is 36.7. The second-order valence-electron chi connectivity index (χ2n) is 11.9. The minimum atomic E-state index is -0.236. The van der Waals surface area contributed by atoms with Gasteiger partial charge < -0.3 is 25.5 Å². The van der Waals surface area contributed by atoms with Gasteiger partial charge in [0, 0.05) is 6.54 Å². The lowest BCUT2D eigenvalue weighted by Crippen LogP contribution is -2.51. The number of benzene rings is 1. The molecule has 3 fully saturated rings. The molecular weight excluding hydrogens is 456 g/mol. The normalized spacial score (nSPS) is 36.4. The molecule has 0 spiro atoms. The van der Waals surface area contributed by atoms with Crippen LogP contribution >= 0.6 is 0 Å². The van der Waals surface area contributed by atoms with Crippen LogP contribution in [0.3, 0.4) is 0 Å². The number of nitrogens with zero attached hydrogens (tertiary/aromatic N) is 1. The smallest absolute Gasteiger partial charge is 0.260 e. The number of hydrogen-bond donors (Lipinski definition) is 4. The Hall–Kier alpha value is -2.54. The minimum absolute atomic E-state index is 0.111. The van der Waals surface area contributed by atoms with E-state index < -0.39 is 0 Å². The van der Waals surface area contributed by atoms with E-state index in [-0.39, 0.29) is 40.9 Å². The SMILES string of the molecule is CC12CCC(=NOCC(=O)NCCc3ccc(O)c(O)c3)C=C1CCC1C2CCC2(C)C(O)CCC12. The van der Waals surface area contributed by atoms with Crippen LogP contribution in [0.5, 0.6) is 11.5 Å². The van der Waals surface area contributed by atoms with Crippen molar-refractivity contribution in [1.29, 1.82) is 0 Å². The van der Waals surface area contributed by atoms with Gasteiger partial charge in [0.05, 0.1) is 11.8 Å². The first-order chi connectivity index (χ1) is 17.2. The van der Waals surface area contributed by atoms with Gasteiger partial charge in [0.2, 0.25) is 0 Å². The third kappa shape index (κ3) is 4.51. The molecule has 7 nitrogen and oxygen atoms in total. The molecule has 3 saturated carbocycles. The summed E-state index contributed by atoms with van der Waals surface area (Å²) in [5.74, 6) is 1.50. The Labute approximate surface area is 213 Å². The van der Waals surface area contributed by atoms with Crippen molar-refractivity contribution >= 4 is 11.6 Å². The summed E-state index contributed by atoms with van der Waals surface area (Å²) in [7, 11) is 0. The van der Waals surface area contributed by atoms with Crippen LogP contribution in [0, 0.1) is 28.6 Å². The number of carbonyl (C=O) groups excluding carboxylic acids is 1. The molecule has 7 heteroatoms. The number of allylic oxidation sites excluding steroid dienone is 2. The summed E-state index contributed by atoms with van der Waals surface area (Å²) < 4.78 is 0. The fraction of sp³-hybridized carbons (Fsp3) is 0.655. The molecule has 0 saturated heterocycles. The minimum Gasteiger partial charge on any atom is -0.504 e. The molecule has 4 aliphatic carbocycles. The van der Waals surface area contributed by atoms with Crippen molar-refractivity contribution in [1.82, 2.24) is 5.32 Å². The van der Waals surface area contributed by atoms with Crippen molar-refractivity contribution in [2.75, 3.05) is 13.2 Å². The quantitative estimate of drug-likeness (QED) is 0.343. The number of nitrogens with one attached hydrogen (secondary N) is 1. The van der Waals surface area contributed by atoms with Gasteiger partial charge in [-0.2, -0.15) is 0 Å². The topological polar surface area (TPSA) is 111 Å². The second-order valence-corrected chi connectivity index (χ2v) is 11.9. The van der Waals surface area contributed by atoms with Gasteiger partial charge in [0.1, 0.15) is 0 Å². The number of fused-ring (bicyclic) bond motifs is 5. The summed E-state index contributed by atoms with van der Waals surface area (Å²) >= 11 is 0. The maximum atomic E-state index is 12.1. The molecule has 4 N–H and O–H groups in total. The summed E-state index contributed by atoms with van der Waals surface area (Å²) in [6.07, 6.45) is 11.3. The van der Waals surface area contributed by atoms with E-state index in [4.69, 9.17) is 4.84 Å². The van der Waals surface area contributed by atoms with E-state index in [2.05, 4.69) is 30.4 Å². The first-order valence-corrected chi connectivity index (χ1v) is 13.6. The van der Waals surface area contributed by atoms with Crippen molar-refractivity contribution in [3.8, 4) is 11.5 Å². The summed E-state index contributed by atoms with van der Waals surface area (Å²) in [6.45, 7) is 5.06. The van der Waals surface area contributed by atoms with Crippen LogP contribution in [-0.2, 0) is 16.1 Å². The van der Waals surface area contributed by atoms with Crippen molar-refractivity contribution in [3.63, 3.8) is 0 Å². The molecule has 4 aliphatic rings. The van der Waals surface area contributed by atoms with Gasteiger partial charge in [-0.25, -0.2) is 0 Å². The third-order valence-electron chi connectivity index (χ3n) is 10.1. The van der Waals surface area contributed by atoms with E-state index in [1.807, 2.05) is 0 Å². The van der Waals surface area contributed by atoms with E-state index in [9.17, 15) is 20.1 Å². The van der Waals surface area contributed by atoms with Crippen LogP contribution in [0.25, 0.3) is 0 Å². The van der Waals surface area contributed by atoms with E-state index in [0.29, 0.717) is 30.7 Å². The Morgan fingerprint density at radius 2 is 1.92 bits per heavy atom. The maximum absolute atomic E-state index is 12.1. The molecule has 0 heterocycles. The molecule has 0 aromatic heterocycles. The van der Waals surface area contributed by atoms with Crippen molar-refractivity contribution in [3.05, 3.63) is 35.4 Å². The summed E-state index contributed by atoms with van der Waals surface area (Å²) in [4.78, 5) is 17.5. The second kappa shape index (κ2) is 9.73. The van der Waals surface area contributed by atoms with Gasteiger partial charge in [-0.05, 0) is 110 Å². The molecule has 196 valence electrons. The van der Waals surface area contributed by atoms with Crippen LogP contribution < -0.4 is 5.32 Å². The maximum Gasteiger partial charge on any atom is 0.260 e. The van der Waals surface area contributed by atoms with E-state index in [1.165, 1.54) is 37.0 Å². The third-order valence-corrected chi connectivity index (χ3v) is 10.1. The van der Waals surface area contributed by atoms with Gasteiger partial charge in [0.15, 0.2) is 18.1 Å². The highest BCUT2D eigenvalue weighted by Crippen LogP contribution is 2.65. The van der Waals surface area contributed by atoms with Crippen molar-refractivity contribution in [2.24, 2.45) is 33.7 Å². The van der Waals surface area contributed by atoms with Crippen molar-refractivity contribution in [2.45, 2.75) is 77.7 Å². The molecule has 1 amide bonds. The monoisotopic (exact) mass is 496 g/mol. The summed E-state index contributed by atoms with van der Waals surface area (Å²) in [6, 6.07) is 4.64. The number of hydrogen-bond acceptors (Lipinski definition) is 6. The highest BCUT2D eigenvalue weighted by molar-refractivity contribution is 5.96. The largest absolute Gasteiger partial charge is 0.504 e. The lowest BCUT2D eigenvalue weighted by Gasteiger charge is -2.57. The zero-order valence-corrected chi connectivity index (χ0v) is 21.5. The number of aliphatic hydroxyl groups excluding tert-OH is 1. The Bertz CT molecular complexity index is 1070. The van der Waals surface area contributed by atoms with Crippen LogP contribution in [0.1, 0.15) is 70.8 Å². The van der Waals surface area contributed by atoms with Crippen LogP contribution in [0.2, 0.25) is 0 Å². The predicted molar refractivity (Wildman–Crippen MR) is 138 cm³/mol. The first-order valence-electron chi connectivity index (χ1n) is 13.6. The average Bonchev–Trinajstić information content (AvgIpc) is 3.16. The highest BCUT2D eigenvalue weighted by atomic mass is 16.6. The van der Waals surface area contributed by atoms with Gasteiger partial charge in [-0.15, -0.1) is 0 Å². The number of oxime groups is 1. The molecule has 0 bridgehead atoms. The lowest BCUT2D eigenvalue weighted by molar-refractivity contribution is -0.125. The number of rotatable bonds is 6. The van der Waals surface area contributed by atoms with Gasteiger partial charge in [-0.1, -0.05) is 30.6 Å². The average molecular weight is 497 g/mol. The van der Waals surface area contributed by atoms with E-state index in [0.717, 1.165) is 43.4 Å². The molecule has 6 atom stereocenters. The number of phenolic OH excluding ortho intramolecular Hbond substituents is 2. The zero-order valence-electron chi connectivity index (χ0n) is 21.5. The van der Waals surface area contributed by atoms with E-state index in [1.54, 1.807) is 6.07 Å². The fourth-order valence-electron chi connectivity index (χ4n) is 7.91. The molecule has 1 aromatic rings. The number of aliphatic hydroxyl groups is 1. The molecule has 6 unspecified atom stereocenters. The Kier molecular flexibility index (Phi) is 6.79. The Balaban J connectivity index is 1.13. The fourth-order valence-corrected chi connectivity index (χ4v) is 7.91.